The van der Waals surface area contributed by atoms with Gasteiger partial charge < -0.3 is 14.6 Å². The van der Waals surface area contributed by atoms with Crippen molar-refractivity contribution in [1.82, 2.24) is 14.5 Å². The van der Waals surface area contributed by atoms with Crippen LogP contribution < -0.4 is 5.32 Å². The maximum absolute atomic E-state index is 13.3. The van der Waals surface area contributed by atoms with Gasteiger partial charge in [0.05, 0.1) is 29.5 Å². The number of fused-ring (bicyclic) bond motifs is 1. The zero-order valence-corrected chi connectivity index (χ0v) is 19.4. The lowest BCUT2D eigenvalue weighted by atomic mass is 10.2. The molecular formula is C23H22F3N5O2S. The van der Waals surface area contributed by atoms with E-state index in [0.717, 1.165) is 35.9 Å². The molecule has 178 valence electrons. The van der Waals surface area contributed by atoms with Gasteiger partial charge in [0.1, 0.15) is 16.9 Å². The van der Waals surface area contributed by atoms with E-state index >= 15 is 0 Å². The van der Waals surface area contributed by atoms with Gasteiger partial charge in [0.2, 0.25) is 11.7 Å². The second-order valence-electron chi connectivity index (χ2n) is 8.00. The third kappa shape index (κ3) is 4.88. The Morgan fingerprint density at radius 3 is 2.76 bits per heavy atom. The zero-order valence-electron chi connectivity index (χ0n) is 18.6. The Kier molecular flexibility index (Phi) is 6.81. The van der Waals surface area contributed by atoms with E-state index in [1.807, 2.05) is 18.4 Å². The summed E-state index contributed by atoms with van der Waals surface area (Å²) < 4.78 is 47.4. The number of thioether (sulfide) groups is 1. The van der Waals surface area contributed by atoms with Crippen LogP contribution in [0.3, 0.4) is 0 Å². The highest BCUT2D eigenvalue weighted by Gasteiger charge is 2.35. The first-order chi connectivity index (χ1) is 16.2. The molecule has 0 aliphatic carbocycles. The van der Waals surface area contributed by atoms with Crippen LogP contribution in [-0.2, 0) is 22.3 Å². The van der Waals surface area contributed by atoms with Crippen molar-refractivity contribution >= 4 is 34.4 Å². The average molecular weight is 490 g/mol. The van der Waals surface area contributed by atoms with Gasteiger partial charge in [-0.3, -0.25) is 4.79 Å². The van der Waals surface area contributed by atoms with Gasteiger partial charge in [-0.2, -0.15) is 18.4 Å². The lowest BCUT2D eigenvalue weighted by molar-refractivity contribution is -0.145. The molecule has 0 bridgehead atoms. The van der Waals surface area contributed by atoms with Crippen LogP contribution in [0.2, 0.25) is 0 Å². The molecule has 7 nitrogen and oxygen atoms in total. The minimum Gasteiger partial charge on any atom is -0.376 e. The van der Waals surface area contributed by atoms with Crippen LogP contribution in [0.5, 0.6) is 0 Å². The summed E-state index contributed by atoms with van der Waals surface area (Å²) in [4.78, 5) is 20.1. The smallest absolute Gasteiger partial charge is 0.376 e. The zero-order chi connectivity index (χ0) is 24.5. The van der Waals surface area contributed by atoms with Crippen LogP contribution in [0.25, 0.3) is 10.9 Å². The van der Waals surface area contributed by atoms with E-state index in [-0.39, 0.29) is 22.4 Å². The molecule has 3 aromatic rings. The minimum atomic E-state index is -4.71. The highest BCUT2D eigenvalue weighted by atomic mass is 32.2. The topological polar surface area (TPSA) is 92.8 Å². The fourth-order valence-corrected chi connectivity index (χ4v) is 4.76. The third-order valence-electron chi connectivity index (χ3n) is 5.77. The molecule has 1 aliphatic rings. The van der Waals surface area contributed by atoms with Crippen molar-refractivity contribution in [2.75, 3.05) is 17.7 Å². The number of amides is 1. The molecule has 3 heterocycles. The summed E-state index contributed by atoms with van der Waals surface area (Å²) in [5.41, 5.74) is 2.13. The average Bonchev–Trinajstić information content (AvgIpc) is 3.39. The molecule has 0 radical (unpaired) electrons. The number of para-hydroxylation sites is 1. The number of aromatic nitrogens is 3. The summed E-state index contributed by atoms with van der Waals surface area (Å²) >= 11 is 0.891. The first kappa shape index (κ1) is 24.0. The molecule has 1 atom stereocenters. The van der Waals surface area contributed by atoms with E-state index < -0.39 is 17.9 Å². The number of alkyl halides is 3. The molecule has 0 saturated carbocycles. The van der Waals surface area contributed by atoms with Gasteiger partial charge in [-0.15, -0.1) is 0 Å². The number of carbonyl (C=O) groups is 1. The van der Waals surface area contributed by atoms with Gasteiger partial charge in [-0.05, 0) is 38.3 Å². The second-order valence-corrected chi connectivity index (χ2v) is 8.96. The van der Waals surface area contributed by atoms with E-state index in [2.05, 4.69) is 21.4 Å². The third-order valence-corrected chi connectivity index (χ3v) is 6.76. The molecule has 1 saturated heterocycles. The number of halogens is 3. The largest absolute Gasteiger partial charge is 0.451 e. The molecule has 1 N–H and O–H groups in total. The van der Waals surface area contributed by atoms with Crippen molar-refractivity contribution in [2.24, 2.45) is 0 Å². The summed E-state index contributed by atoms with van der Waals surface area (Å²) in [6.07, 6.45) is -2.86. The second kappa shape index (κ2) is 9.64. The van der Waals surface area contributed by atoms with E-state index in [1.165, 1.54) is 6.07 Å². The normalized spacial score (nSPS) is 16.1. The number of benzene rings is 1. The first-order valence-corrected chi connectivity index (χ1v) is 11.7. The van der Waals surface area contributed by atoms with E-state index in [9.17, 15) is 23.2 Å². The number of nitrogens with zero attached hydrogens (tertiary/aromatic N) is 4. The molecular weight excluding hydrogens is 467 g/mol. The molecule has 1 aromatic carbocycles. The van der Waals surface area contributed by atoms with Crippen LogP contribution in [0.4, 0.5) is 19.0 Å². The van der Waals surface area contributed by atoms with Gasteiger partial charge in [-0.1, -0.05) is 30.0 Å². The van der Waals surface area contributed by atoms with Gasteiger partial charge >= 0.3 is 6.18 Å². The monoisotopic (exact) mass is 489 g/mol. The van der Waals surface area contributed by atoms with Crippen LogP contribution in [0.1, 0.15) is 35.5 Å². The van der Waals surface area contributed by atoms with Gasteiger partial charge in [0.15, 0.2) is 0 Å². The van der Waals surface area contributed by atoms with Crippen LogP contribution in [-0.4, -0.2) is 38.9 Å². The molecule has 1 amide bonds. The molecule has 1 fully saturated rings. The predicted molar refractivity (Wildman–Crippen MR) is 121 cm³/mol. The molecule has 1 aliphatic heterocycles. The maximum Gasteiger partial charge on any atom is 0.451 e. The van der Waals surface area contributed by atoms with Gasteiger partial charge in [0, 0.05) is 17.7 Å². The Balaban J connectivity index is 1.57. The van der Waals surface area contributed by atoms with Crippen molar-refractivity contribution < 1.29 is 22.7 Å². The number of hydrogen-bond acceptors (Lipinski definition) is 6. The fraction of sp³-hybridized carbons (Fsp3) is 0.391. The van der Waals surface area contributed by atoms with Crippen molar-refractivity contribution in [3.05, 3.63) is 46.9 Å². The Morgan fingerprint density at radius 1 is 1.32 bits per heavy atom. The number of rotatable bonds is 6. The summed E-state index contributed by atoms with van der Waals surface area (Å²) in [6.45, 7) is 4.88. The van der Waals surface area contributed by atoms with E-state index in [0.29, 0.717) is 29.9 Å². The Labute approximate surface area is 198 Å². The standard InChI is InChI=1S/C23H22F3N5O2S/c1-13-14(2)31(11-15-6-5-9-33-15)20(17(13)10-27)29-19(32)12-34-21-16-7-3-4-8-18(16)28-22(30-21)23(24,25)26/h3-4,7-8,15H,5-6,9,11-12H2,1-2H3,(H,29,32)/t15-/m1/s1. The molecule has 11 heteroatoms. The number of anilines is 1. The van der Waals surface area contributed by atoms with Gasteiger partial charge in [-0.25, -0.2) is 9.97 Å². The lowest BCUT2D eigenvalue weighted by Crippen LogP contribution is -2.22. The number of nitrogens with one attached hydrogen (secondary N) is 1. The summed E-state index contributed by atoms with van der Waals surface area (Å²) in [5.74, 6) is -1.52. The predicted octanol–water partition coefficient (Wildman–Crippen LogP) is 4.85. The summed E-state index contributed by atoms with van der Waals surface area (Å²) in [5, 5.41) is 13.0. The summed E-state index contributed by atoms with van der Waals surface area (Å²) in [6, 6.07) is 8.50. The Hall–Kier alpha value is -3.10. The number of ether oxygens (including phenoxy) is 1. The fourth-order valence-electron chi connectivity index (χ4n) is 3.94. The first-order valence-electron chi connectivity index (χ1n) is 10.7. The maximum atomic E-state index is 13.3. The summed E-state index contributed by atoms with van der Waals surface area (Å²) in [7, 11) is 0. The Bertz CT molecular complexity index is 1280. The molecule has 4 rings (SSSR count). The quantitative estimate of drug-likeness (QED) is 0.393. The number of hydrogen-bond donors (Lipinski definition) is 1. The molecule has 2 aromatic heterocycles. The van der Waals surface area contributed by atoms with E-state index in [4.69, 9.17) is 4.74 Å². The van der Waals surface area contributed by atoms with E-state index in [1.54, 1.807) is 18.2 Å². The minimum absolute atomic E-state index is 0.00440. The Morgan fingerprint density at radius 2 is 2.09 bits per heavy atom. The van der Waals surface area contributed by atoms with Crippen molar-refractivity contribution in [2.45, 2.75) is 50.5 Å². The SMILES string of the molecule is Cc1c(C#N)c(NC(=O)CSc2nc(C(F)(F)F)nc3ccccc23)n(C[C@H]2CCCO2)c1C. The highest BCUT2D eigenvalue weighted by molar-refractivity contribution is 8.00. The highest BCUT2D eigenvalue weighted by Crippen LogP contribution is 2.33. The van der Waals surface area contributed by atoms with Crippen molar-refractivity contribution in [1.29, 1.82) is 5.26 Å². The molecule has 0 unspecified atom stereocenters. The number of nitriles is 1. The number of carbonyl (C=O) groups excluding carboxylic acids is 1. The van der Waals surface area contributed by atoms with Crippen LogP contribution >= 0.6 is 11.8 Å². The van der Waals surface area contributed by atoms with Crippen LogP contribution in [0, 0.1) is 25.2 Å². The van der Waals surface area contributed by atoms with Gasteiger partial charge in [0.25, 0.3) is 0 Å². The van der Waals surface area contributed by atoms with Crippen molar-refractivity contribution in [3.8, 4) is 6.07 Å². The van der Waals surface area contributed by atoms with Crippen molar-refractivity contribution in [3.63, 3.8) is 0 Å². The lowest BCUT2D eigenvalue weighted by Gasteiger charge is -2.17. The van der Waals surface area contributed by atoms with Crippen LogP contribution in [0.15, 0.2) is 29.3 Å². The molecule has 34 heavy (non-hydrogen) atoms. The molecule has 0 spiro atoms.